The Bertz CT molecular complexity index is 1020. The maximum Gasteiger partial charge on any atom is 0.418 e. The fourth-order valence-electron chi connectivity index (χ4n) is 2.69. The summed E-state index contributed by atoms with van der Waals surface area (Å²) in [5, 5.41) is 0.174. The van der Waals surface area contributed by atoms with Crippen LogP contribution in [0.25, 0.3) is 22.9 Å². The van der Waals surface area contributed by atoms with Crippen molar-refractivity contribution in [1.82, 2.24) is 4.98 Å². The standard InChI is InChI=1S/C20H13F6NO/c1-28-14-7-8-15-16(10-14)17(20(24,25)26)11-27-18(15)9-4-12-2-5-13(6-3-12)19(21,22)23/h2-11H,1H3/b9-4+. The molecule has 0 bridgehead atoms. The van der Waals surface area contributed by atoms with Gasteiger partial charge in [-0.15, -0.1) is 0 Å². The van der Waals surface area contributed by atoms with Crippen molar-refractivity contribution < 1.29 is 31.1 Å². The van der Waals surface area contributed by atoms with Crippen molar-refractivity contribution in [3.63, 3.8) is 0 Å². The van der Waals surface area contributed by atoms with E-state index in [2.05, 4.69) is 4.98 Å². The molecule has 0 saturated carbocycles. The zero-order chi connectivity index (χ0) is 20.5. The van der Waals surface area contributed by atoms with Crippen molar-refractivity contribution in [3.05, 3.63) is 71.0 Å². The number of methoxy groups -OCH3 is 1. The van der Waals surface area contributed by atoms with Crippen LogP contribution in [0.3, 0.4) is 0 Å². The van der Waals surface area contributed by atoms with E-state index in [0.717, 1.165) is 18.3 Å². The number of alkyl halides is 6. The van der Waals surface area contributed by atoms with E-state index < -0.39 is 23.5 Å². The summed E-state index contributed by atoms with van der Waals surface area (Å²) in [6.07, 6.45) is -5.36. The molecule has 0 aliphatic carbocycles. The lowest BCUT2D eigenvalue weighted by Crippen LogP contribution is -2.07. The van der Waals surface area contributed by atoms with Gasteiger partial charge in [-0.1, -0.05) is 18.2 Å². The average Bonchev–Trinajstić information content (AvgIpc) is 2.64. The number of aromatic nitrogens is 1. The molecule has 3 aromatic rings. The van der Waals surface area contributed by atoms with E-state index in [-0.39, 0.29) is 22.2 Å². The summed E-state index contributed by atoms with van der Waals surface area (Å²) < 4.78 is 82.7. The first-order chi connectivity index (χ1) is 13.1. The molecular weight excluding hydrogens is 384 g/mol. The minimum absolute atomic E-state index is 0.0751. The van der Waals surface area contributed by atoms with E-state index >= 15 is 0 Å². The van der Waals surface area contributed by atoms with Gasteiger partial charge in [-0.05, 0) is 42.0 Å². The highest BCUT2D eigenvalue weighted by molar-refractivity contribution is 5.94. The number of halogens is 6. The summed E-state index contributed by atoms with van der Waals surface area (Å²) in [5.74, 6) is 0.266. The first-order valence-corrected chi connectivity index (χ1v) is 7.99. The second-order valence-electron chi connectivity index (χ2n) is 5.92. The number of fused-ring (bicyclic) bond motifs is 1. The number of ether oxygens (including phenoxy) is 1. The van der Waals surface area contributed by atoms with Gasteiger partial charge < -0.3 is 4.74 Å². The lowest BCUT2D eigenvalue weighted by Gasteiger charge is -2.12. The highest BCUT2D eigenvalue weighted by atomic mass is 19.4. The van der Waals surface area contributed by atoms with E-state index in [1.165, 1.54) is 49.6 Å². The summed E-state index contributed by atoms with van der Waals surface area (Å²) in [6, 6.07) is 8.66. The maximum absolute atomic E-state index is 13.3. The van der Waals surface area contributed by atoms with Crippen LogP contribution >= 0.6 is 0 Å². The largest absolute Gasteiger partial charge is 0.497 e. The number of pyridine rings is 1. The molecule has 0 saturated heterocycles. The molecule has 0 radical (unpaired) electrons. The number of nitrogens with zero attached hydrogens (tertiary/aromatic N) is 1. The SMILES string of the molecule is COc1ccc2c(/C=C/c3ccc(C(F)(F)F)cc3)ncc(C(F)(F)F)c2c1. The first kappa shape index (κ1) is 19.7. The zero-order valence-corrected chi connectivity index (χ0v) is 14.4. The predicted molar refractivity (Wildman–Crippen MR) is 93.7 cm³/mol. The Morgan fingerprint density at radius 3 is 2.07 bits per heavy atom. The average molecular weight is 397 g/mol. The number of benzene rings is 2. The highest BCUT2D eigenvalue weighted by Crippen LogP contribution is 2.37. The van der Waals surface area contributed by atoms with E-state index in [9.17, 15) is 26.3 Å². The molecule has 0 fully saturated rings. The molecule has 2 aromatic carbocycles. The smallest absolute Gasteiger partial charge is 0.418 e. The number of hydrogen-bond donors (Lipinski definition) is 0. The van der Waals surface area contributed by atoms with Crippen molar-refractivity contribution in [3.8, 4) is 5.75 Å². The first-order valence-electron chi connectivity index (χ1n) is 7.99. The topological polar surface area (TPSA) is 22.1 Å². The summed E-state index contributed by atoms with van der Waals surface area (Å²) in [5.41, 5.74) is -0.968. The van der Waals surface area contributed by atoms with Crippen LogP contribution in [-0.4, -0.2) is 12.1 Å². The Morgan fingerprint density at radius 1 is 0.821 bits per heavy atom. The molecule has 0 aliphatic heterocycles. The van der Waals surface area contributed by atoms with Crippen molar-refractivity contribution in [1.29, 1.82) is 0 Å². The molecule has 3 rings (SSSR count). The number of hydrogen-bond acceptors (Lipinski definition) is 2. The molecular formula is C20H13F6NO. The Labute approximate surface area is 156 Å². The Hall–Kier alpha value is -3.03. The van der Waals surface area contributed by atoms with Crippen molar-refractivity contribution in [2.45, 2.75) is 12.4 Å². The van der Waals surface area contributed by atoms with E-state index in [1.54, 1.807) is 0 Å². The molecule has 0 amide bonds. The van der Waals surface area contributed by atoms with Gasteiger partial charge in [0, 0.05) is 17.0 Å². The van der Waals surface area contributed by atoms with Gasteiger partial charge in [0.25, 0.3) is 0 Å². The van der Waals surface area contributed by atoms with E-state index in [1.807, 2.05) is 0 Å². The molecule has 28 heavy (non-hydrogen) atoms. The van der Waals surface area contributed by atoms with Gasteiger partial charge in [-0.3, -0.25) is 4.98 Å². The van der Waals surface area contributed by atoms with E-state index in [0.29, 0.717) is 5.56 Å². The molecule has 0 N–H and O–H groups in total. The maximum atomic E-state index is 13.3. The highest BCUT2D eigenvalue weighted by Gasteiger charge is 2.33. The predicted octanol–water partition coefficient (Wildman–Crippen LogP) is 6.45. The van der Waals surface area contributed by atoms with Crippen molar-refractivity contribution >= 4 is 22.9 Å². The second kappa shape index (κ2) is 7.18. The van der Waals surface area contributed by atoms with Crippen LogP contribution in [0.2, 0.25) is 0 Å². The molecule has 2 nitrogen and oxygen atoms in total. The van der Waals surface area contributed by atoms with Crippen LogP contribution < -0.4 is 4.74 Å². The molecule has 1 aromatic heterocycles. The summed E-state index contributed by atoms with van der Waals surface area (Å²) in [7, 11) is 1.35. The Morgan fingerprint density at radius 2 is 1.50 bits per heavy atom. The molecule has 146 valence electrons. The van der Waals surface area contributed by atoms with Gasteiger partial charge in [0.15, 0.2) is 0 Å². The quantitative estimate of drug-likeness (QED) is 0.474. The Balaban J connectivity index is 2.03. The fraction of sp³-hybridized carbons (Fsp3) is 0.150. The van der Waals surface area contributed by atoms with Crippen molar-refractivity contribution in [2.75, 3.05) is 7.11 Å². The van der Waals surface area contributed by atoms with E-state index in [4.69, 9.17) is 4.74 Å². The molecule has 0 aliphatic rings. The third-order valence-corrected chi connectivity index (χ3v) is 4.10. The third-order valence-electron chi connectivity index (χ3n) is 4.10. The Kier molecular flexibility index (Phi) is 5.06. The lowest BCUT2D eigenvalue weighted by atomic mass is 10.0. The fourth-order valence-corrected chi connectivity index (χ4v) is 2.69. The second-order valence-corrected chi connectivity index (χ2v) is 5.92. The monoisotopic (exact) mass is 397 g/mol. The van der Waals surface area contributed by atoms with Crippen LogP contribution in [-0.2, 0) is 12.4 Å². The molecule has 0 atom stereocenters. The van der Waals surface area contributed by atoms with Gasteiger partial charge >= 0.3 is 12.4 Å². The summed E-state index contributed by atoms with van der Waals surface area (Å²) in [6.45, 7) is 0. The lowest BCUT2D eigenvalue weighted by molar-refractivity contribution is -0.138. The third kappa shape index (κ3) is 4.11. The van der Waals surface area contributed by atoms with Gasteiger partial charge in [0.05, 0.1) is 23.9 Å². The van der Waals surface area contributed by atoms with Crippen LogP contribution in [0.1, 0.15) is 22.4 Å². The summed E-state index contributed by atoms with van der Waals surface area (Å²) in [4.78, 5) is 3.87. The van der Waals surface area contributed by atoms with Gasteiger partial charge in [-0.2, -0.15) is 26.3 Å². The van der Waals surface area contributed by atoms with Gasteiger partial charge in [-0.25, -0.2) is 0 Å². The minimum Gasteiger partial charge on any atom is -0.497 e. The number of rotatable bonds is 3. The van der Waals surface area contributed by atoms with Crippen molar-refractivity contribution in [2.24, 2.45) is 0 Å². The van der Waals surface area contributed by atoms with Crippen LogP contribution in [0.4, 0.5) is 26.3 Å². The van der Waals surface area contributed by atoms with Gasteiger partial charge in [0.1, 0.15) is 5.75 Å². The zero-order valence-electron chi connectivity index (χ0n) is 14.4. The normalized spacial score (nSPS) is 12.7. The van der Waals surface area contributed by atoms with Crippen LogP contribution in [0.5, 0.6) is 5.75 Å². The minimum atomic E-state index is -4.59. The molecule has 0 unspecified atom stereocenters. The molecule has 1 heterocycles. The molecule has 0 spiro atoms. The van der Waals surface area contributed by atoms with Gasteiger partial charge in [0.2, 0.25) is 0 Å². The van der Waals surface area contributed by atoms with Crippen LogP contribution in [0, 0.1) is 0 Å². The summed E-state index contributed by atoms with van der Waals surface area (Å²) >= 11 is 0. The van der Waals surface area contributed by atoms with Crippen LogP contribution in [0.15, 0.2) is 48.7 Å². The molecule has 8 heteroatoms.